The van der Waals surface area contributed by atoms with E-state index in [0.29, 0.717) is 13.1 Å². The molecule has 0 atom stereocenters. The van der Waals surface area contributed by atoms with Gasteiger partial charge < -0.3 is 10.1 Å². The van der Waals surface area contributed by atoms with Crippen molar-refractivity contribution in [2.24, 2.45) is 5.10 Å². The van der Waals surface area contributed by atoms with Crippen LogP contribution in [0.15, 0.2) is 28.2 Å². The van der Waals surface area contributed by atoms with Gasteiger partial charge in [0.05, 0.1) is 15.6 Å². The summed E-state index contributed by atoms with van der Waals surface area (Å²) in [4.78, 5) is 35.0. The molecule has 0 bridgehead atoms. The highest BCUT2D eigenvalue weighted by Crippen LogP contribution is 2.28. The Morgan fingerprint density at radius 3 is 2.62 bits per heavy atom. The summed E-state index contributed by atoms with van der Waals surface area (Å²) in [6.45, 7) is 0.283. The zero-order chi connectivity index (χ0) is 21.0. The van der Waals surface area contributed by atoms with Gasteiger partial charge in [-0.1, -0.05) is 11.6 Å². The van der Waals surface area contributed by atoms with Gasteiger partial charge in [0.2, 0.25) is 15.9 Å². The molecule has 1 saturated heterocycles. The maximum Gasteiger partial charge on any atom is 0.355 e. The molecule has 2 aliphatic rings. The van der Waals surface area contributed by atoms with E-state index in [2.05, 4.69) is 15.8 Å². The predicted molar refractivity (Wildman–Crippen MR) is 104 cm³/mol. The van der Waals surface area contributed by atoms with Crippen LogP contribution < -0.4 is 10.7 Å². The molecule has 0 unspecified atom stereocenters. The van der Waals surface area contributed by atoms with Crippen molar-refractivity contribution in [3.05, 3.63) is 23.2 Å². The number of hydrazone groups is 1. The van der Waals surface area contributed by atoms with Crippen LogP contribution in [0.4, 0.5) is 5.69 Å². The summed E-state index contributed by atoms with van der Waals surface area (Å²) < 4.78 is 31.6. The average Bonchev–Trinajstić information content (AvgIpc) is 3.24. The molecule has 12 heteroatoms. The topological polar surface area (TPSA) is 134 Å². The molecule has 0 aromatic heterocycles. The number of hydrogen-bond donors (Lipinski definition) is 2. The van der Waals surface area contributed by atoms with E-state index in [9.17, 15) is 22.8 Å². The Hall–Kier alpha value is -2.50. The molecule has 1 aromatic rings. The Kier molecular flexibility index (Phi) is 6.50. The molecular formula is C17H19ClN4O6S. The molecule has 1 aromatic carbocycles. The third kappa shape index (κ3) is 5.11. The first kappa shape index (κ1) is 21.2. The first-order valence-electron chi connectivity index (χ1n) is 8.89. The van der Waals surface area contributed by atoms with Gasteiger partial charge in [-0.05, 0) is 31.0 Å². The molecule has 1 fully saturated rings. The maximum absolute atomic E-state index is 12.7. The number of halogens is 1. The number of esters is 1. The fourth-order valence-corrected chi connectivity index (χ4v) is 4.57. The van der Waals surface area contributed by atoms with Gasteiger partial charge in [-0.15, -0.1) is 0 Å². The van der Waals surface area contributed by atoms with Crippen LogP contribution in [0.2, 0.25) is 5.02 Å². The highest BCUT2D eigenvalue weighted by molar-refractivity contribution is 7.89. The quantitative estimate of drug-likeness (QED) is 0.628. The van der Waals surface area contributed by atoms with E-state index in [4.69, 9.17) is 16.3 Å². The van der Waals surface area contributed by atoms with Crippen LogP contribution in [-0.2, 0) is 29.1 Å². The van der Waals surface area contributed by atoms with Crippen molar-refractivity contribution in [3.63, 3.8) is 0 Å². The van der Waals surface area contributed by atoms with Gasteiger partial charge >= 0.3 is 5.97 Å². The van der Waals surface area contributed by atoms with Crippen LogP contribution in [0.25, 0.3) is 0 Å². The van der Waals surface area contributed by atoms with E-state index in [1.54, 1.807) is 0 Å². The predicted octanol–water partition coefficient (Wildman–Crippen LogP) is 0.872. The molecule has 0 aliphatic carbocycles. The number of ether oxygens (including phenoxy) is 1. The monoisotopic (exact) mass is 442 g/mol. The summed E-state index contributed by atoms with van der Waals surface area (Å²) in [5, 5.41) is 6.16. The number of anilines is 1. The number of carbonyl (C=O) groups is 3. The number of nitrogens with one attached hydrogen (secondary N) is 2. The van der Waals surface area contributed by atoms with Crippen LogP contribution in [0.5, 0.6) is 0 Å². The van der Waals surface area contributed by atoms with Crippen molar-refractivity contribution in [1.29, 1.82) is 0 Å². The summed E-state index contributed by atoms with van der Waals surface area (Å²) in [7, 11) is -3.67. The number of nitrogens with zero attached hydrogens (tertiary/aromatic N) is 2. The first-order chi connectivity index (χ1) is 13.8. The molecule has 0 spiro atoms. The normalized spacial score (nSPS) is 17.4. The largest absolute Gasteiger partial charge is 0.451 e. The van der Waals surface area contributed by atoms with E-state index < -0.39 is 28.5 Å². The number of benzene rings is 1. The van der Waals surface area contributed by atoms with Crippen molar-refractivity contribution >= 4 is 50.8 Å². The van der Waals surface area contributed by atoms with Gasteiger partial charge in [-0.2, -0.15) is 9.41 Å². The second-order valence-electron chi connectivity index (χ2n) is 6.47. The van der Waals surface area contributed by atoms with Crippen LogP contribution in [0, 0.1) is 0 Å². The fraction of sp³-hybridized carbons (Fsp3) is 0.412. The lowest BCUT2D eigenvalue weighted by Gasteiger charge is -2.17. The highest BCUT2D eigenvalue weighted by atomic mass is 35.5. The lowest BCUT2D eigenvalue weighted by atomic mass is 10.2. The fourth-order valence-electron chi connectivity index (χ4n) is 2.86. The Bertz CT molecular complexity index is 972. The average molecular weight is 443 g/mol. The van der Waals surface area contributed by atoms with Gasteiger partial charge in [0, 0.05) is 25.9 Å². The maximum atomic E-state index is 12.7. The number of rotatable bonds is 6. The molecule has 2 N–H and O–H groups in total. The number of sulfonamides is 1. The molecule has 2 amide bonds. The Balaban J connectivity index is 1.63. The lowest BCUT2D eigenvalue weighted by Crippen LogP contribution is -2.32. The number of carbonyl (C=O) groups excluding carboxylic acids is 3. The van der Waals surface area contributed by atoms with Crippen molar-refractivity contribution in [2.75, 3.05) is 25.0 Å². The van der Waals surface area contributed by atoms with Gasteiger partial charge in [0.1, 0.15) is 5.71 Å². The van der Waals surface area contributed by atoms with Crippen LogP contribution >= 0.6 is 11.6 Å². The standard InChI is InChI=1S/C17H19ClN4O6S/c18-12-4-3-11(29(26,27)22-7-1-2-8-22)9-14(12)19-16(24)10-28-17(25)13-5-6-15(23)21-20-13/h3-4,9H,1-2,5-8,10H2,(H,19,24)(H,21,23). The molecule has 3 rings (SSSR count). The summed E-state index contributed by atoms with van der Waals surface area (Å²) in [5.74, 6) is -1.83. The molecule has 10 nitrogen and oxygen atoms in total. The molecule has 29 heavy (non-hydrogen) atoms. The Morgan fingerprint density at radius 1 is 1.24 bits per heavy atom. The van der Waals surface area contributed by atoms with E-state index in [1.165, 1.54) is 22.5 Å². The second kappa shape index (κ2) is 8.89. The number of amides is 2. The first-order valence-corrected chi connectivity index (χ1v) is 10.7. The van der Waals surface area contributed by atoms with Gasteiger partial charge in [0.25, 0.3) is 5.91 Å². The smallest absolute Gasteiger partial charge is 0.355 e. The summed E-state index contributed by atoms with van der Waals surface area (Å²) >= 11 is 6.06. The van der Waals surface area contributed by atoms with Crippen molar-refractivity contribution < 1.29 is 27.5 Å². The molecule has 2 aliphatic heterocycles. The van der Waals surface area contributed by atoms with Crippen molar-refractivity contribution in [1.82, 2.24) is 9.73 Å². The van der Waals surface area contributed by atoms with Crippen LogP contribution in [0.1, 0.15) is 25.7 Å². The third-order valence-electron chi connectivity index (χ3n) is 4.39. The van der Waals surface area contributed by atoms with Gasteiger partial charge in [-0.25, -0.2) is 18.6 Å². The Labute approximate surface area is 172 Å². The minimum absolute atomic E-state index is 0.00846. The second-order valence-corrected chi connectivity index (χ2v) is 8.82. The summed E-state index contributed by atoms with van der Waals surface area (Å²) in [6, 6.07) is 4.03. The zero-order valence-corrected chi connectivity index (χ0v) is 16.9. The van der Waals surface area contributed by atoms with E-state index in [0.717, 1.165) is 12.8 Å². The molecular weight excluding hydrogens is 424 g/mol. The highest BCUT2D eigenvalue weighted by Gasteiger charge is 2.28. The molecule has 156 valence electrons. The molecule has 0 radical (unpaired) electrons. The van der Waals surface area contributed by atoms with E-state index >= 15 is 0 Å². The minimum Gasteiger partial charge on any atom is -0.451 e. The third-order valence-corrected chi connectivity index (χ3v) is 6.61. The Morgan fingerprint density at radius 2 is 1.97 bits per heavy atom. The van der Waals surface area contributed by atoms with Gasteiger partial charge in [0.15, 0.2) is 6.61 Å². The van der Waals surface area contributed by atoms with Crippen LogP contribution in [0.3, 0.4) is 0 Å². The number of hydrogen-bond acceptors (Lipinski definition) is 7. The SMILES string of the molecule is O=C1CCC(C(=O)OCC(=O)Nc2cc(S(=O)(=O)N3CCCC3)ccc2Cl)=NN1. The van der Waals surface area contributed by atoms with E-state index in [1.807, 2.05) is 0 Å². The van der Waals surface area contributed by atoms with Crippen molar-refractivity contribution in [3.8, 4) is 0 Å². The van der Waals surface area contributed by atoms with Gasteiger partial charge in [-0.3, -0.25) is 9.59 Å². The molecule has 2 heterocycles. The minimum atomic E-state index is -3.67. The van der Waals surface area contributed by atoms with E-state index in [-0.39, 0.29) is 40.1 Å². The zero-order valence-electron chi connectivity index (χ0n) is 15.3. The van der Waals surface area contributed by atoms with Crippen LogP contribution in [-0.4, -0.2) is 55.9 Å². The van der Waals surface area contributed by atoms with Crippen molar-refractivity contribution in [2.45, 2.75) is 30.6 Å². The summed E-state index contributed by atoms with van der Waals surface area (Å²) in [6.07, 6.45) is 1.83. The lowest BCUT2D eigenvalue weighted by molar-refractivity contribution is -0.140. The molecule has 0 saturated carbocycles. The summed E-state index contributed by atoms with van der Waals surface area (Å²) in [5.41, 5.74) is 2.26.